The molecule has 0 N–H and O–H groups in total. The number of aryl methyl sites for hydroxylation is 4. The van der Waals surface area contributed by atoms with Crippen molar-refractivity contribution in [2.45, 2.75) is 27.7 Å². The first-order chi connectivity index (χ1) is 15.2. The number of methoxy groups -OCH3 is 2. The maximum Gasteiger partial charge on any atom is 0.255 e. The molecule has 0 heterocycles. The molecule has 0 saturated carbocycles. The highest BCUT2D eigenvalue weighted by Gasteiger charge is 2.48. The fraction of sp³-hybridized carbons (Fsp3) is 0.231. The lowest BCUT2D eigenvalue weighted by Crippen LogP contribution is -2.25. The highest BCUT2D eigenvalue weighted by molar-refractivity contribution is 8.01. The predicted octanol–water partition coefficient (Wildman–Crippen LogP) is 5.61. The minimum atomic E-state index is -4.44. The van der Waals surface area contributed by atoms with Crippen molar-refractivity contribution in [3.05, 3.63) is 88.0 Å². The van der Waals surface area contributed by atoms with Crippen LogP contribution in [-0.4, -0.2) is 25.3 Å². The number of carbonyl (C=O) groups is 2. The maximum absolute atomic E-state index is 14.9. The number of rotatable bonds is 7. The van der Waals surface area contributed by atoms with Crippen LogP contribution in [0.2, 0.25) is 0 Å². The van der Waals surface area contributed by atoms with Crippen LogP contribution in [0.15, 0.2) is 54.6 Å². The second-order valence-corrected chi connectivity index (χ2v) is 10.2. The van der Waals surface area contributed by atoms with Gasteiger partial charge in [0, 0.05) is 11.1 Å². The van der Waals surface area contributed by atoms with Crippen LogP contribution in [0.25, 0.3) is 0 Å². The van der Waals surface area contributed by atoms with E-state index >= 15 is 0 Å². The summed E-state index contributed by atoms with van der Waals surface area (Å²) in [6.45, 7) is 7.09. The Morgan fingerprint density at radius 2 is 0.938 bits per heavy atom. The van der Waals surface area contributed by atoms with E-state index in [-0.39, 0.29) is 27.9 Å². The van der Waals surface area contributed by atoms with E-state index in [2.05, 4.69) is 0 Å². The standard InChI is InChI=1S/C26H27O5P/c1-16-10-7-11-17(2)22(16)25(27)32(29,24-20(30-5)14-9-15-21(24)31-6)26(28)23-18(3)12-8-13-19(23)4/h7-15H,1-6H3. The van der Waals surface area contributed by atoms with Crippen LogP contribution in [0.5, 0.6) is 11.5 Å². The molecule has 6 heteroatoms. The van der Waals surface area contributed by atoms with E-state index < -0.39 is 18.2 Å². The zero-order valence-corrected chi connectivity index (χ0v) is 20.1. The number of hydrogen-bond donors (Lipinski definition) is 0. The van der Waals surface area contributed by atoms with E-state index in [1.54, 1.807) is 70.2 Å². The van der Waals surface area contributed by atoms with Crippen LogP contribution >= 0.6 is 7.14 Å². The number of ether oxygens (including phenoxy) is 2. The minimum absolute atomic E-state index is 0.00898. The Morgan fingerprint density at radius 3 is 1.25 bits per heavy atom. The fourth-order valence-electron chi connectivity index (χ4n) is 4.06. The third-order valence-electron chi connectivity index (χ3n) is 5.68. The number of benzene rings is 3. The summed E-state index contributed by atoms with van der Waals surface area (Å²) in [6.07, 6.45) is 0. The van der Waals surface area contributed by atoms with Gasteiger partial charge in [0.15, 0.2) is 0 Å². The Morgan fingerprint density at radius 1 is 0.625 bits per heavy atom. The molecule has 0 aliphatic carbocycles. The smallest absolute Gasteiger partial charge is 0.255 e. The lowest BCUT2D eigenvalue weighted by atomic mass is 10.0. The van der Waals surface area contributed by atoms with E-state index in [4.69, 9.17) is 9.47 Å². The van der Waals surface area contributed by atoms with Crippen molar-refractivity contribution in [3.8, 4) is 11.5 Å². The highest BCUT2D eigenvalue weighted by Crippen LogP contribution is 2.56. The van der Waals surface area contributed by atoms with Crippen LogP contribution in [0, 0.1) is 27.7 Å². The van der Waals surface area contributed by atoms with Crippen molar-refractivity contribution in [1.82, 2.24) is 0 Å². The van der Waals surface area contributed by atoms with Crippen LogP contribution in [0.4, 0.5) is 0 Å². The first-order valence-electron chi connectivity index (χ1n) is 10.2. The maximum atomic E-state index is 14.9. The van der Waals surface area contributed by atoms with Crippen molar-refractivity contribution < 1.29 is 23.6 Å². The topological polar surface area (TPSA) is 69.7 Å². The summed E-state index contributed by atoms with van der Waals surface area (Å²) in [4.78, 5) is 28.2. The van der Waals surface area contributed by atoms with Crippen molar-refractivity contribution in [3.63, 3.8) is 0 Å². The number of hydrogen-bond acceptors (Lipinski definition) is 5. The Kier molecular flexibility index (Phi) is 6.71. The summed E-state index contributed by atoms with van der Waals surface area (Å²) in [5, 5.41) is -0.00898. The molecule has 0 fully saturated rings. The Balaban J connectivity index is 2.45. The van der Waals surface area contributed by atoms with E-state index in [9.17, 15) is 14.2 Å². The minimum Gasteiger partial charge on any atom is -0.496 e. The van der Waals surface area contributed by atoms with Crippen LogP contribution < -0.4 is 14.8 Å². The molecule has 0 atom stereocenters. The zero-order valence-electron chi connectivity index (χ0n) is 19.2. The monoisotopic (exact) mass is 450 g/mol. The lowest BCUT2D eigenvalue weighted by molar-refractivity contribution is 0.103. The van der Waals surface area contributed by atoms with Gasteiger partial charge in [-0.15, -0.1) is 0 Å². The zero-order chi connectivity index (χ0) is 23.6. The van der Waals surface area contributed by atoms with E-state index in [0.717, 1.165) is 0 Å². The molecule has 3 aromatic rings. The van der Waals surface area contributed by atoms with Gasteiger partial charge in [0.05, 0.1) is 14.2 Å². The molecule has 5 nitrogen and oxygen atoms in total. The molecule has 3 aromatic carbocycles. The normalized spacial score (nSPS) is 11.2. The summed E-state index contributed by atoms with van der Waals surface area (Å²) in [5.74, 6) is 0.346. The molecule has 0 saturated heterocycles. The van der Waals surface area contributed by atoms with Crippen molar-refractivity contribution in [2.75, 3.05) is 14.2 Å². The molecular weight excluding hydrogens is 423 g/mol. The quantitative estimate of drug-likeness (QED) is 0.438. The van der Waals surface area contributed by atoms with Gasteiger partial charge in [0.25, 0.3) is 7.14 Å². The average molecular weight is 450 g/mol. The first-order valence-corrected chi connectivity index (χ1v) is 11.9. The van der Waals surface area contributed by atoms with Gasteiger partial charge in [-0.1, -0.05) is 42.5 Å². The van der Waals surface area contributed by atoms with Gasteiger partial charge >= 0.3 is 0 Å². The second kappa shape index (κ2) is 9.13. The fourth-order valence-corrected chi connectivity index (χ4v) is 6.93. The van der Waals surface area contributed by atoms with Crippen LogP contribution in [0.1, 0.15) is 43.0 Å². The van der Waals surface area contributed by atoms with Gasteiger partial charge in [0.2, 0.25) is 11.0 Å². The van der Waals surface area contributed by atoms with Crippen molar-refractivity contribution in [2.24, 2.45) is 0 Å². The Bertz CT molecular complexity index is 1130. The molecule has 0 amide bonds. The van der Waals surface area contributed by atoms with E-state index in [0.29, 0.717) is 22.3 Å². The van der Waals surface area contributed by atoms with Gasteiger partial charge in [-0.05, 0) is 62.1 Å². The van der Waals surface area contributed by atoms with Gasteiger partial charge in [-0.3, -0.25) is 9.59 Å². The van der Waals surface area contributed by atoms with Gasteiger partial charge in [-0.2, -0.15) is 0 Å². The Labute approximate surface area is 188 Å². The lowest BCUT2D eigenvalue weighted by Gasteiger charge is -2.23. The third kappa shape index (κ3) is 3.78. The summed E-state index contributed by atoms with van der Waals surface area (Å²) in [5.41, 5.74) is 1.73. The molecular formula is C26H27O5P. The summed E-state index contributed by atoms with van der Waals surface area (Å²) in [7, 11) is -1.62. The predicted molar refractivity (Wildman–Crippen MR) is 127 cm³/mol. The molecule has 0 unspecified atom stereocenters. The van der Waals surface area contributed by atoms with Crippen LogP contribution in [0.3, 0.4) is 0 Å². The van der Waals surface area contributed by atoms with E-state index in [1.807, 2.05) is 12.1 Å². The van der Waals surface area contributed by atoms with Crippen LogP contribution in [-0.2, 0) is 4.57 Å². The summed E-state index contributed by atoms with van der Waals surface area (Å²) < 4.78 is 25.9. The van der Waals surface area contributed by atoms with Crippen molar-refractivity contribution >= 4 is 23.5 Å². The SMILES string of the molecule is COc1cccc(OC)c1P(=O)(C(=O)c1c(C)cccc1C)C(=O)c1c(C)cccc1C. The molecule has 32 heavy (non-hydrogen) atoms. The Hall–Kier alpha value is -3.17. The first kappa shape index (κ1) is 23.5. The van der Waals surface area contributed by atoms with Gasteiger partial charge < -0.3 is 14.0 Å². The summed E-state index contributed by atoms with van der Waals surface area (Å²) >= 11 is 0. The van der Waals surface area contributed by atoms with E-state index in [1.165, 1.54) is 14.2 Å². The molecule has 3 rings (SSSR count). The molecule has 166 valence electrons. The summed E-state index contributed by atoms with van der Waals surface area (Å²) in [6, 6.07) is 15.6. The van der Waals surface area contributed by atoms with Gasteiger partial charge in [0.1, 0.15) is 16.8 Å². The van der Waals surface area contributed by atoms with Crippen molar-refractivity contribution in [1.29, 1.82) is 0 Å². The molecule has 0 aliphatic rings. The second-order valence-electron chi connectivity index (χ2n) is 7.76. The number of carbonyl (C=O) groups excluding carboxylic acids is 2. The largest absolute Gasteiger partial charge is 0.496 e. The van der Waals surface area contributed by atoms with Gasteiger partial charge in [-0.25, -0.2) is 0 Å². The molecule has 0 aliphatic heterocycles. The highest BCUT2D eigenvalue weighted by atomic mass is 31.2. The third-order valence-corrected chi connectivity index (χ3v) is 8.34. The molecule has 0 spiro atoms. The molecule has 0 bridgehead atoms. The molecule has 0 radical (unpaired) electrons. The molecule has 0 aromatic heterocycles. The average Bonchev–Trinajstić information content (AvgIpc) is 2.77.